The summed E-state index contributed by atoms with van der Waals surface area (Å²) in [5, 5.41) is 0.606. The van der Waals surface area contributed by atoms with E-state index in [9.17, 15) is 0 Å². The maximum absolute atomic E-state index is 6.46. The quantitative estimate of drug-likeness (QED) is 0.903. The lowest BCUT2D eigenvalue weighted by atomic mass is 9.73. The van der Waals surface area contributed by atoms with Gasteiger partial charge in [0.2, 0.25) is 5.95 Å². The van der Waals surface area contributed by atoms with Crippen molar-refractivity contribution in [2.75, 3.05) is 44.4 Å². The maximum Gasteiger partial charge on any atom is 0.222 e. The third kappa shape index (κ3) is 2.30. The van der Waals surface area contributed by atoms with Crippen molar-refractivity contribution in [3.63, 3.8) is 0 Å². The number of nitrogens with zero attached hydrogens (tertiary/aromatic N) is 4. The van der Waals surface area contributed by atoms with Crippen LogP contribution in [0.15, 0.2) is 0 Å². The SMILES string of the molecule is Cc1nc(N)nc(N2C[C@@H]3[C@H](CN(C)C)[C@H]4CC[C@]3(C2)O4)c1Cl. The van der Waals surface area contributed by atoms with Gasteiger partial charge in [-0.3, -0.25) is 0 Å². The van der Waals surface area contributed by atoms with Crippen LogP contribution < -0.4 is 10.6 Å². The number of fused-ring (bicyclic) bond motifs is 1. The summed E-state index contributed by atoms with van der Waals surface area (Å²) >= 11 is 6.45. The van der Waals surface area contributed by atoms with Gasteiger partial charge in [0.05, 0.1) is 17.4 Å². The Hall–Kier alpha value is -1.11. The van der Waals surface area contributed by atoms with Crippen LogP contribution in [-0.2, 0) is 4.74 Å². The first-order valence-corrected chi connectivity index (χ1v) is 8.64. The minimum absolute atomic E-state index is 0.0255. The molecule has 1 aromatic heterocycles. The summed E-state index contributed by atoms with van der Waals surface area (Å²) in [4.78, 5) is 13.1. The Labute approximate surface area is 142 Å². The fraction of sp³-hybridized carbons (Fsp3) is 0.750. The Morgan fingerprint density at radius 1 is 1.43 bits per heavy atom. The highest BCUT2D eigenvalue weighted by atomic mass is 35.5. The summed E-state index contributed by atoms with van der Waals surface area (Å²) < 4.78 is 6.46. The molecule has 0 saturated carbocycles. The first kappa shape index (κ1) is 15.4. The van der Waals surface area contributed by atoms with Crippen molar-refractivity contribution in [2.24, 2.45) is 11.8 Å². The van der Waals surface area contributed by atoms with Crippen LogP contribution in [0.5, 0.6) is 0 Å². The molecular weight excluding hydrogens is 314 g/mol. The summed E-state index contributed by atoms with van der Waals surface area (Å²) in [7, 11) is 4.27. The number of aryl methyl sites for hydroxylation is 1. The van der Waals surface area contributed by atoms with Crippen LogP contribution in [0.1, 0.15) is 18.5 Å². The standard InChI is InChI=1S/C16H24ClN5O/c1-9-13(17)14(20-15(18)19-9)22-7-11-10(6-21(2)3)12-4-5-16(11,8-22)23-12/h10-12H,4-8H2,1-3H3,(H2,18,19,20)/t10-,11+,12+,16+/m0/s1. The van der Waals surface area contributed by atoms with Crippen molar-refractivity contribution in [1.82, 2.24) is 14.9 Å². The minimum atomic E-state index is -0.0255. The van der Waals surface area contributed by atoms with Crippen LogP contribution in [0.2, 0.25) is 5.02 Å². The Bertz CT molecular complexity index is 639. The topological polar surface area (TPSA) is 67.5 Å². The number of rotatable bonds is 3. The van der Waals surface area contributed by atoms with E-state index >= 15 is 0 Å². The molecule has 3 saturated heterocycles. The summed E-state index contributed by atoms with van der Waals surface area (Å²) in [5.41, 5.74) is 6.54. The Morgan fingerprint density at radius 3 is 2.96 bits per heavy atom. The zero-order valence-corrected chi connectivity index (χ0v) is 14.7. The molecule has 1 spiro atoms. The van der Waals surface area contributed by atoms with Gasteiger partial charge in [0.1, 0.15) is 5.02 Å². The molecule has 126 valence electrons. The Kier molecular flexibility index (Phi) is 3.48. The fourth-order valence-electron chi connectivity index (χ4n) is 4.79. The molecule has 0 unspecified atom stereocenters. The van der Waals surface area contributed by atoms with E-state index in [0.29, 0.717) is 23.0 Å². The van der Waals surface area contributed by atoms with Gasteiger partial charge in [-0.1, -0.05) is 11.6 Å². The lowest BCUT2D eigenvalue weighted by Gasteiger charge is -2.30. The van der Waals surface area contributed by atoms with Crippen LogP contribution in [0, 0.1) is 18.8 Å². The van der Waals surface area contributed by atoms with Gasteiger partial charge in [-0.05, 0) is 33.9 Å². The predicted octanol–water partition coefficient (Wildman–Crippen LogP) is 1.57. The molecule has 2 bridgehead atoms. The van der Waals surface area contributed by atoms with E-state index in [1.54, 1.807) is 0 Å². The second-order valence-electron chi connectivity index (χ2n) is 7.48. The summed E-state index contributed by atoms with van der Waals surface area (Å²) in [6.07, 6.45) is 2.72. The van der Waals surface area contributed by atoms with Gasteiger partial charge in [0.25, 0.3) is 0 Å². The molecule has 3 aliphatic rings. The van der Waals surface area contributed by atoms with Crippen molar-refractivity contribution in [1.29, 1.82) is 0 Å². The number of hydrogen-bond acceptors (Lipinski definition) is 6. The number of halogens is 1. The van der Waals surface area contributed by atoms with Gasteiger partial charge in [0, 0.05) is 31.5 Å². The molecule has 3 aliphatic heterocycles. The lowest BCUT2D eigenvalue weighted by Crippen LogP contribution is -2.40. The van der Waals surface area contributed by atoms with Crippen LogP contribution in [0.25, 0.3) is 0 Å². The number of nitrogens with two attached hydrogens (primary N) is 1. The molecule has 0 aromatic carbocycles. The minimum Gasteiger partial charge on any atom is -0.369 e. The van der Waals surface area contributed by atoms with E-state index in [-0.39, 0.29) is 11.5 Å². The summed E-state index contributed by atoms with van der Waals surface area (Å²) in [6, 6.07) is 0. The number of hydrogen-bond donors (Lipinski definition) is 1. The van der Waals surface area contributed by atoms with Gasteiger partial charge < -0.3 is 20.3 Å². The van der Waals surface area contributed by atoms with E-state index in [1.807, 2.05) is 6.92 Å². The van der Waals surface area contributed by atoms with Crippen LogP contribution in [-0.4, -0.2) is 60.3 Å². The second kappa shape index (κ2) is 5.19. The highest BCUT2D eigenvalue weighted by Gasteiger charge is 2.63. The van der Waals surface area contributed by atoms with Gasteiger partial charge in [0.15, 0.2) is 5.82 Å². The molecule has 0 aliphatic carbocycles. The molecule has 2 N–H and O–H groups in total. The number of ether oxygens (including phenoxy) is 1. The Morgan fingerprint density at radius 2 is 2.22 bits per heavy atom. The van der Waals surface area contributed by atoms with Gasteiger partial charge in [-0.15, -0.1) is 0 Å². The molecule has 6 nitrogen and oxygen atoms in total. The maximum atomic E-state index is 6.46. The van der Waals surface area contributed by atoms with E-state index in [1.165, 1.54) is 6.42 Å². The molecule has 7 heteroatoms. The molecule has 0 radical (unpaired) electrons. The largest absolute Gasteiger partial charge is 0.369 e. The third-order valence-electron chi connectivity index (χ3n) is 5.68. The van der Waals surface area contributed by atoms with Crippen molar-refractivity contribution in [3.8, 4) is 0 Å². The van der Waals surface area contributed by atoms with E-state index < -0.39 is 0 Å². The monoisotopic (exact) mass is 337 g/mol. The lowest BCUT2D eigenvalue weighted by molar-refractivity contribution is 0.0136. The third-order valence-corrected chi connectivity index (χ3v) is 6.12. The zero-order chi connectivity index (χ0) is 16.4. The van der Waals surface area contributed by atoms with Crippen molar-refractivity contribution in [2.45, 2.75) is 31.5 Å². The normalized spacial score (nSPS) is 35.3. The van der Waals surface area contributed by atoms with Crippen molar-refractivity contribution in [3.05, 3.63) is 10.7 Å². The number of aromatic nitrogens is 2. The van der Waals surface area contributed by atoms with Gasteiger partial charge >= 0.3 is 0 Å². The van der Waals surface area contributed by atoms with Crippen LogP contribution in [0.4, 0.5) is 11.8 Å². The molecule has 0 amide bonds. The molecule has 4 heterocycles. The van der Waals surface area contributed by atoms with E-state index in [2.05, 4.69) is 33.9 Å². The summed E-state index contributed by atoms with van der Waals surface area (Å²) in [5.74, 6) is 2.17. The second-order valence-corrected chi connectivity index (χ2v) is 7.86. The average molecular weight is 338 g/mol. The van der Waals surface area contributed by atoms with Crippen LogP contribution in [0.3, 0.4) is 0 Å². The highest BCUT2D eigenvalue weighted by Crippen LogP contribution is 2.55. The molecular formula is C16H24ClN5O. The highest BCUT2D eigenvalue weighted by molar-refractivity contribution is 6.33. The predicted molar refractivity (Wildman–Crippen MR) is 90.8 cm³/mol. The molecule has 3 fully saturated rings. The number of anilines is 2. The molecule has 1 aromatic rings. The first-order chi connectivity index (χ1) is 10.9. The van der Waals surface area contributed by atoms with Crippen molar-refractivity contribution < 1.29 is 4.74 Å². The smallest absolute Gasteiger partial charge is 0.222 e. The zero-order valence-electron chi connectivity index (χ0n) is 13.9. The van der Waals surface area contributed by atoms with Gasteiger partial charge in [-0.2, -0.15) is 4.98 Å². The fourth-order valence-corrected chi connectivity index (χ4v) is 5.00. The average Bonchev–Trinajstić information content (AvgIpc) is 3.12. The molecule has 4 atom stereocenters. The summed E-state index contributed by atoms with van der Waals surface area (Å²) in [6.45, 7) is 4.73. The Balaban J connectivity index is 1.64. The van der Waals surface area contributed by atoms with E-state index in [0.717, 1.165) is 37.6 Å². The van der Waals surface area contributed by atoms with Crippen LogP contribution >= 0.6 is 11.6 Å². The molecule has 23 heavy (non-hydrogen) atoms. The van der Waals surface area contributed by atoms with E-state index in [4.69, 9.17) is 22.1 Å². The number of nitrogen functional groups attached to an aromatic ring is 1. The van der Waals surface area contributed by atoms with Gasteiger partial charge in [-0.25, -0.2) is 4.98 Å². The first-order valence-electron chi connectivity index (χ1n) is 8.27. The van der Waals surface area contributed by atoms with Crippen molar-refractivity contribution >= 4 is 23.4 Å². The molecule has 4 rings (SSSR count).